The molecule has 1 aliphatic carbocycles. The van der Waals surface area contributed by atoms with Crippen LogP contribution >= 0.6 is 11.3 Å². The normalized spacial score (nSPS) is 23.5. The molecule has 0 radical (unpaired) electrons. The summed E-state index contributed by atoms with van der Waals surface area (Å²) in [6.07, 6.45) is 2.60. The Morgan fingerprint density at radius 2 is 2.14 bits per heavy atom. The van der Waals surface area contributed by atoms with Crippen molar-refractivity contribution in [2.45, 2.75) is 25.2 Å². The first kappa shape index (κ1) is 15.0. The molecule has 1 amide bonds. The molecule has 6 nitrogen and oxygen atoms in total. The van der Waals surface area contributed by atoms with Crippen molar-refractivity contribution in [1.29, 1.82) is 0 Å². The molecule has 116 valence electrons. The predicted molar refractivity (Wildman–Crippen MR) is 79.5 cm³/mol. The zero-order chi connectivity index (χ0) is 14.9. The summed E-state index contributed by atoms with van der Waals surface area (Å²) in [5.41, 5.74) is 0.987. The van der Waals surface area contributed by atoms with Gasteiger partial charge >= 0.3 is 10.2 Å². The van der Waals surface area contributed by atoms with Gasteiger partial charge in [-0.3, -0.25) is 4.79 Å². The number of carbonyl (C=O) groups excluding carboxylic acids is 1. The Bertz CT molecular complexity index is 620. The molecule has 1 aromatic heterocycles. The summed E-state index contributed by atoms with van der Waals surface area (Å²) in [4.78, 5) is 13.6. The quantitative estimate of drug-likeness (QED) is 0.892. The Morgan fingerprint density at radius 3 is 2.90 bits per heavy atom. The third-order valence-corrected chi connectivity index (χ3v) is 6.41. The molecule has 0 aromatic carbocycles. The van der Waals surface area contributed by atoms with E-state index in [1.165, 1.54) is 9.18 Å². The van der Waals surface area contributed by atoms with Gasteiger partial charge < -0.3 is 4.74 Å². The second kappa shape index (κ2) is 6.04. The number of morpholine rings is 1. The first-order chi connectivity index (χ1) is 10.1. The van der Waals surface area contributed by atoms with Gasteiger partial charge in [-0.05, 0) is 36.3 Å². The van der Waals surface area contributed by atoms with Crippen LogP contribution < -0.4 is 4.72 Å². The number of carbonyl (C=O) groups is 1. The third-order valence-electron chi connectivity index (χ3n) is 3.91. The summed E-state index contributed by atoms with van der Waals surface area (Å²) in [6, 6.07) is 1.94. The lowest BCUT2D eigenvalue weighted by molar-refractivity contribution is -0.121. The number of hydrogen-bond donors (Lipinski definition) is 1. The molecule has 2 heterocycles. The largest absolute Gasteiger partial charge is 0.379 e. The van der Waals surface area contributed by atoms with Crippen LogP contribution in [-0.2, 0) is 26.2 Å². The van der Waals surface area contributed by atoms with Gasteiger partial charge in [-0.2, -0.15) is 12.7 Å². The average Bonchev–Trinajstić information content (AvgIpc) is 2.96. The topological polar surface area (TPSA) is 75.7 Å². The number of aryl methyl sites for hydroxylation is 1. The number of rotatable bonds is 3. The molecule has 0 bridgehead atoms. The monoisotopic (exact) mass is 330 g/mol. The first-order valence-electron chi connectivity index (χ1n) is 7.03. The lowest BCUT2D eigenvalue weighted by Crippen LogP contribution is -2.49. The third kappa shape index (κ3) is 3.13. The maximum Gasteiger partial charge on any atom is 0.303 e. The van der Waals surface area contributed by atoms with Gasteiger partial charge in [0, 0.05) is 18.0 Å². The highest BCUT2D eigenvalue weighted by atomic mass is 32.2. The van der Waals surface area contributed by atoms with E-state index in [0.29, 0.717) is 19.6 Å². The fraction of sp³-hybridized carbons (Fsp3) is 0.615. The number of nitrogens with one attached hydrogen (secondary N) is 1. The molecule has 1 aromatic rings. The Kier molecular flexibility index (Phi) is 4.30. The first-order valence-corrected chi connectivity index (χ1v) is 9.35. The van der Waals surface area contributed by atoms with Crippen LogP contribution in [-0.4, -0.2) is 44.9 Å². The minimum absolute atomic E-state index is 0.289. The van der Waals surface area contributed by atoms with E-state index in [4.69, 9.17) is 4.74 Å². The van der Waals surface area contributed by atoms with Gasteiger partial charge in [0.1, 0.15) is 0 Å². The lowest BCUT2D eigenvalue weighted by atomic mass is 9.87. The molecule has 2 aliphatic rings. The summed E-state index contributed by atoms with van der Waals surface area (Å²) in [5, 5.41) is 1.97. The van der Waals surface area contributed by atoms with Crippen molar-refractivity contribution in [2.24, 2.45) is 0 Å². The molecular formula is C13H18N2O4S2. The summed E-state index contributed by atoms with van der Waals surface area (Å²) < 4.78 is 33.1. The van der Waals surface area contributed by atoms with E-state index in [9.17, 15) is 13.2 Å². The molecule has 8 heteroatoms. The van der Waals surface area contributed by atoms with Crippen LogP contribution in [0.2, 0.25) is 0 Å². The van der Waals surface area contributed by atoms with Crippen molar-refractivity contribution >= 4 is 27.5 Å². The number of ether oxygens (including phenoxy) is 1. The molecule has 21 heavy (non-hydrogen) atoms. The van der Waals surface area contributed by atoms with Crippen molar-refractivity contribution in [2.75, 3.05) is 26.3 Å². The molecule has 1 fully saturated rings. The van der Waals surface area contributed by atoms with E-state index >= 15 is 0 Å². The number of hydrogen-bond acceptors (Lipinski definition) is 5. The number of amides is 1. The van der Waals surface area contributed by atoms with Crippen LogP contribution in [0.1, 0.15) is 29.2 Å². The zero-order valence-corrected chi connectivity index (χ0v) is 13.2. The van der Waals surface area contributed by atoms with Gasteiger partial charge in [0.05, 0.1) is 19.1 Å². The van der Waals surface area contributed by atoms with Crippen LogP contribution in [0.5, 0.6) is 0 Å². The standard InChI is InChI=1S/C13H18N2O4S2/c16-13(11-2-1-3-12-10(11)4-9-20-12)14-21(17,18)15-5-7-19-8-6-15/h4,9,11H,1-3,5-8H2,(H,14,16). The molecule has 1 saturated heterocycles. The van der Waals surface area contributed by atoms with Gasteiger partial charge in [-0.15, -0.1) is 11.3 Å². The van der Waals surface area contributed by atoms with Crippen LogP contribution in [0.3, 0.4) is 0 Å². The maximum absolute atomic E-state index is 12.4. The van der Waals surface area contributed by atoms with Crippen molar-refractivity contribution in [3.63, 3.8) is 0 Å². The van der Waals surface area contributed by atoms with Crippen LogP contribution in [0.25, 0.3) is 0 Å². The Morgan fingerprint density at radius 1 is 1.38 bits per heavy atom. The highest BCUT2D eigenvalue weighted by Gasteiger charge is 2.32. The van der Waals surface area contributed by atoms with Crippen LogP contribution in [0, 0.1) is 0 Å². The highest BCUT2D eigenvalue weighted by Crippen LogP contribution is 2.35. The molecule has 1 atom stereocenters. The van der Waals surface area contributed by atoms with Crippen molar-refractivity contribution in [3.8, 4) is 0 Å². The van der Waals surface area contributed by atoms with Crippen molar-refractivity contribution in [3.05, 3.63) is 21.9 Å². The van der Waals surface area contributed by atoms with E-state index in [1.54, 1.807) is 11.3 Å². The average molecular weight is 330 g/mol. The fourth-order valence-electron chi connectivity index (χ4n) is 2.81. The number of fused-ring (bicyclic) bond motifs is 1. The second-order valence-corrected chi connectivity index (χ2v) is 7.90. The van der Waals surface area contributed by atoms with Gasteiger partial charge in [0.2, 0.25) is 5.91 Å². The lowest BCUT2D eigenvalue weighted by Gasteiger charge is -2.27. The van der Waals surface area contributed by atoms with E-state index < -0.39 is 16.1 Å². The molecule has 1 unspecified atom stereocenters. The minimum Gasteiger partial charge on any atom is -0.379 e. The molecule has 3 rings (SSSR count). The second-order valence-electron chi connectivity index (χ2n) is 5.23. The fourth-order valence-corrected chi connectivity index (χ4v) is 4.95. The molecule has 0 spiro atoms. The zero-order valence-electron chi connectivity index (χ0n) is 11.6. The van der Waals surface area contributed by atoms with E-state index in [0.717, 1.165) is 18.4 Å². The summed E-state index contributed by atoms with van der Waals surface area (Å²) in [7, 11) is -3.76. The summed E-state index contributed by atoms with van der Waals surface area (Å²) in [5.74, 6) is -0.767. The maximum atomic E-state index is 12.4. The smallest absolute Gasteiger partial charge is 0.303 e. The number of thiophene rings is 1. The van der Waals surface area contributed by atoms with Crippen molar-refractivity contribution in [1.82, 2.24) is 9.03 Å². The summed E-state index contributed by atoms with van der Waals surface area (Å²) >= 11 is 1.64. The van der Waals surface area contributed by atoms with Crippen LogP contribution in [0.15, 0.2) is 11.4 Å². The SMILES string of the molecule is O=C(NS(=O)(=O)N1CCOCC1)C1CCCc2sccc21. The van der Waals surface area contributed by atoms with Crippen LogP contribution in [0.4, 0.5) is 0 Å². The molecule has 1 aliphatic heterocycles. The van der Waals surface area contributed by atoms with Gasteiger partial charge in [0.15, 0.2) is 0 Å². The Labute approximate surface area is 128 Å². The highest BCUT2D eigenvalue weighted by molar-refractivity contribution is 7.87. The molecular weight excluding hydrogens is 312 g/mol. The molecule has 1 N–H and O–H groups in total. The minimum atomic E-state index is -3.76. The predicted octanol–water partition coefficient (Wildman–Crippen LogP) is 0.861. The molecule has 0 saturated carbocycles. The van der Waals surface area contributed by atoms with Gasteiger partial charge in [-0.1, -0.05) is 0 Å². The Hall–Kier alpha value is -0.960. The van der Waals surface area contributed by atoms with E-state index in [1.807, 2.05) is 11.4 Å². The van der Waals surface area contributed by atoms with Gasteiger partial charge in [-0.25, -0.2) is 4.72 Å². The van der Waals surface area contributed by atoms with Gasteiger partial charge in [0.25, 0.3) is 0 Å². The number of nitrogens with zero attached hydrogens (tertiary/aromatic N) is 1. The van der Waals surface area contributed by atoms with E-state index in [-0.39, 0.29) is 19.0 Å². The van der Waals surface area contributed by atoms with E-state index in [2.05, 4.69) is 4.72 Å². The Balaban J connectivity index is 1.72. The van der Waals surface area contributed by atoms with Crippen molar-refractivity contribution < 1.29 is 17.9 Å². The summed E-state index contributed by atoms with van der Waals surface area (Å²) in [6.45, 7) is 1.31.